The van der Waals surface area contributed by atoms with Crippen LogP contribution in [0.3, 0.4) is 0 Å². The Labute approximate surface area is 801 Å². The molecule has 0 atom stereocenters. The minimum absolute atomic E-state index is 0. The molecule has 0 saturated heterocycles. The number of rotatable bonds is 10. The van der Waals surface area contributed by atoms with Crippen LogP contribution in [-0.2, 0) is 22.0 Å². The number of aromatic hydroxyl groups is 3. The number of benzene rings is 15. The molecule has 5 aromatic heterocycles. The first-order valence-corrected chi connectivity index (χ1v) is 48.0. The van der Waals surface area contributed by atoms with Gasteiger partial charge in [-0.2, -0.15) is 47.9 Å². The molecule has 0 aliphatic heterocycles. The van der Waals surface area contributed by atoms with Crippen LogP contribution in [0.15, 0.2) is 341 Å². The molecular formula is C96H69B4Br2F11NO9PS8. The van der Waals surface area contributed by atoms with E-state index in [4.69, 9.17) is 20.1 Å². The normalized spacial score (nSPS) is 11.3. The van der Waals surface area contributed by atoms with Crippen molar-refractivity contribution < 1.29 is 91.5 Å². The Kier molecular flexibility index (Phi) is 35.0. The van der Waals surface area contributed by atoms with Gasteiger partial charge in [0.25, 0.3) is 0 Å². The zero-order chi connectivity index (χ0) is 94.3. The van der Waals surface area contributed by atoms with Gasteiger partial charge < -0.3 is 39.7 Å². The van der Waals surface area contributed by atoms with Crippen molar-refractivity contribution in [1.29, 1.82) is 0 Å². The summed E-state index contributed by atoms with van der Waals surface area (Å²) in [5, 5.41) is 71.0. The molecule has 5 heterocycles. The van der Waals surface area contributed by atoms with Gasteiger partial charge in [-0.15, -0.1) is 56.7 Å². The Morgan fingerprint density at radius 2 is 0.720 bits per heavy atom. The molecule has 20 rings (SSSR count). The van der Waals surface area contributed by atoms with E-state index in [2.05, 4.69) is 245 Å². The molecule has 132 heavy (non-hydrogen) atoms. The first kappa shape index (κ1) is 102. The van der Waals surface area contributed by atoms with Gasteiger partial charge in [-0.05, 0) is 163 Å². The molecule has 7 N–H and O–H groups in total. The zero-order valence-corrected chi connectivity index (χ0v) is 78.2. The number of thiophene rings is 5. The molecular weight excluding hydrogens is 2010 g/mol. The monoisotopic (exact) mass is 2080 g/mol. The summed E-state index contributed by atoms with van der Waals surface area (Å²) in [4.78, 5) is 0. The van der Waals surface area contributed by atoms with Gasteiger partial charge in [-0.1, -0.05) is 278 Å². The molecule has 668 valence electrons. The van der Waals surface area contributed by atoms with Crippen LogP contribution < -0.4 is 10.9 Å². The fraction of sp³-hybridized carbons (Fsp3) is 0.0625. The summed E-state index contributed by atoms with van der Waals surface area (Å²) in [5.74, 6) is -14.0. The van der Waals surface area contributed by atoms with Gasteiger partial charge in [0, 0.05) is 113 Å². The van der Waals surface area contributed by atoms with Gasteiger partial charge in [0.1, 0.15) is 17.2 Å². The molecule has 0 aliphatic carbocycles. The van der Waals surface area contributed by atoms with E-state index in [-0.39, 0.29) is 13.2 Å². The number of fused-ring (bicyclic) bond motifs is 15. The molecule has 20 aromatic rings. The second-order valence-corrected chi connectivity index (χ2v) is 37.8. The maximum atomic E-state index is 12.1. The van der Waals surface area contributed by atoms with Crippen molar-refractivity contribution in [2.24, 2.45) is 4.30 Å². The SMILES string of the molecule is C.Cc1c(-c2ccccc2)cc2c(sc3ccccc32)c1-c1ccccc1.F[B]P=S.O=S(=O)(F)C(F)(F)C(F)(F)C(F)(F)C(F)(F)F.OB(O)c1ccc2c(c1)sc1ccccc12.OB(O)c1ccccc1.Oc1c(-c2ccccc2)cc2c(sc3ccccc32)c1-c1ccccc1.Oc1c(Br)cc2c(sc3ccccc32)c1Br.Oc1ccc2c(c1)sc1ccccc12.[B]=NS. The molecule has 15 aromatic carbocycles. The molecule has 36 heteroatoms. The second kappa shape index (κ2) is 45.2. The van der Waals surface area contributed by atoms with Crippen LogP contribution in [0.4, 0.5) is 47.7 Å². The Balaban J connectivity index is 0.000000149. The van der Waals surface area contributed by atoms with Crippen molar-refractivity contribution in [1.82, 2.24) is 0 Å². The summed E-state index contributed by atoms with van der Waals surface area (Å²) < 4.78 is 164. The average molecular weight is 2080 g/mol. The molecule has 0 spiro atoms. The Morgan fingerprint density at radius 3 is 1.11 bits per heavy atom. The van der Waals surface area contributed by atoms with Crippen LogP contribution in [0.25, 0.3) is 145 Å². The van der Waals surface area contributed by atoms with Crippen molar-refractivity contribution in [2.45, 2.75) is 37.6 Å². The predicted octanol–water partition coefficient (Wildman–Crippen LogP) is 29.4. The van der Waals surface area contributed by atoms with Crippen LogP contribution in [-0.4, -0.2) is 96.3 Å². The van der Waals surface area contributed by atoms with E-state index in [0.29, 0.717) is 36.9 Å². The van der Waals surface area contributed by atoms with E-state index in [1.807, 2.05) is 133 Å². The molecule has 0 saturated carbocycles. The van der Waals surface area contributed by atoms with Crippen LogP contribution in [0.1, 0.15) is 13.0 Å². The summed E-state index contributed by atoms with van der Waals surface area (Å²) in [5.41, 5.74) is 11.5. The molecule has 10 nitrogen and oxygen atoms in total. The summed E-state index contributed by atoms with van der Waals surface area (Å²) in [6.45, 7) is 2.26. The number of nitrogens with zero attached hydrogens (tertiary/aromatic N) is 1. The molecule has 0 amide bonds. The quantitative estimate of drug-likeness (QED) is 0.0215. The van der Waals surface area contributed by atoms with Crippen LogP contribution in [0.2, 0.25) is 0 Å². The predicted molar refractivity (Wildman–Crippen MR) is 546 cm³/mol. The van der Waals surface area contributed by atoms with E-state index in [9.17, 15) is 71.5 Å². The maximum absolute atomic E-state index is 12.1. The van der Waals surface area contributed by atoms with E-state index < -0.39 is 47.7 Å². The van der Waals surface area contributed by atoms with Gasteiger partial charge in [-0.25, -0.2) is 0 Å². The molecule has 0 aliphatic rings. The van der Waals surface area contributed by atoms with E-state index in [0.717, 1.165) is 55.4 Å². The summed E-state index contributed by atoms with van der Waals surface area (Å²) in [7, 11) is -5.36. The van der Waals surface area contributed by atoms with Crippen molar-refractivity contribution >= 4 is 272 Å². The summed E-state index contributed by atoms with van der Waals surface area (Å²) in [6.07, 6.45) is -7.19. The number of hydrogen-bond donors (Lipinski definition) is 8. The first-order valence-electron chi connectivity index (χ1n) is 38.6. The number of thiol groups is 1. The van der Waals surface area contributed by atoms with Gasteiger partial charge in [0.15, 0.2) is 0 Å². The van der Waals surface area contributed by atoms with Gasteiger partial charge in [0.05, 0.1) is 13.6 Å². The Hall–Kier alpha value is -10.3. The van der Waals surface area contributed by atoms with Gasteiger partial charge in [0.2, 0.25) is 0 Å². The van der Waals surface area contributed by atoms with Crippen LogP contribution in [0.5, 0.6) is 17.2 Å². The van der Waals surface area contributed by atoms with Crippen molar-refractivity contribution in [3.8, 4) is 61.8 Å². The Bertz CT molecular complexity index is 7340. The van der Waals surface area contributed by atoms with E-state index >= 15 is 0 Å². The molecule has 0 unspecified atom stereocenters. The fourth-order valence-corrected chi connectivity index (χ4v) is 21.7. The van der Waals surface area contributed by atoms with Crippen LogP contribution >= 0.6 is 109 Å². The van der Waals surface area contributed by atoms with Gasteiger partial charge in [-0.3, -0.25) is 0 Å². The first-order chi connectivity index (χ1) is 62.6. The molecule has 0 bridgehead atoms. The standard InChI is InChI=1S/C25H18S.C24H16OS.C12H9BO2S.C12H6Br2OS.C12H8OS.C6H7BO2.C4F10O2S.CH4.BFPS.BHNS/c1-17-21(18-10-4-2-5-11-18)16-22-20-14-8-9-15-23(20)26-25(22)24(17)19-12-6-3-7-13-19;25-23-19(16-9-3-1-4-10-16)15-20-18-13-7-8-14-21(18)26-24(20)22(23)17-11-5-2-6-12-17;14-13(15)8-5-6-10-9-3-1-2-4-11(9)16-12(10)7-8;13-8-5-7-6-3-1-2-4-9(6)16-12(7)10(14)11(8)15;13-8-5-6-10-9-3-1-2-4-11(9)14-12(10)7-8;8-7(9)6-4-2-1-3-5-6;5-1(6,3(9,10)11)2(7,8)4(12,13)17(14,15)16;;2-1-3-4;1-2-3/h2-16H,1H3;1-15,25H;1-7,14-15H;1-5,15H;1-7,13H;1-5,8-9H;;1H4;;3H. The Morgan fingerprint density at radius 1 is 0.402 bits per heavy atom. The number of halogens is 13. The average Bonchev–Trinajstić information content (AvgIpc) is 1.33. The summed E-state index contributed by atoms with van der Waals surface area (Å²) in [6, 6.07) is 110. The minimum atomic E-state index is -7.67. The number of phenolic OH excluding ortho intramolecular Hbond substituents is 3. The summed E-state index contributed by atoms with van der Waals surface area (Å²) >= 11 is 22.8. The molecule has 0 fully saturated rings. The molecule has 2 radical (unpaired) electrons. The third kappa shape index (κ3) is 22.9. The fourth-order valence-electron chi connectivity index (χ4n) is 13.9. The second-order valence-electron chi connectivity index (χ2n) is 28.2. The van der Waals surface area contributed by atoms with Crippen molar-refractivity contribution in [2.75, 3.05) is 0 Å². The third-order valence-electron chi connectivity index (χ3n) is 20.0. The van der Waals surface area contributed by atoms with Gasteiger partial charge >= 0.3 is 79.8 Å². The van der Waals surface area contributed by atoms with E-state index in [1.54, 1.807) is 81.7 Å². The van der Waals surface area contributed by atoms with Crippen molar-refractivity contribution in [3.63, 3.8) is 0 Å². The third-order valence-corrected chi connectivity index (χ3v) is 28.7. The van der Waals surface area contributed by atoms with Crippen LogP contribution in [0, 0.1) is 6.92 Å². The number of hydrogen-bond acceptors (Lipinski definition) is 17. The van der Waals surface area contributed by atoms with Crippen molar-refractivity contribution in [3.05, 3.63) is 342 Å². The number of phenols is 3. The topological polar surface area (TPSA) is 188 Å². The zero-order valence-electron chi connectivity index (χ0n) is 67.5. The number of alkyl halides is 9. The van der Waals surface area contributed by atoms with E-state index in [1.165, 1.54) is 104 Å².